The number of rotatable bonds is 7. The summed E-state index contributed by atoms with van der Waals surface area (Å²) in [6, 6.07) is 19.8. The third-order valence-electron chi connectivity index (χ3n) is 5.17. The summed E-state index contributed by atoms with van der Waals surface area (Å²) >= 11 is 12.2. The van der Waals surface area contributed by atoms with Gasteiger partial charge in [0.1, 0.15) is 5.82 Å². The summed E-state index contributed by atoms with van der Waals surface area (Å²) in [5.74, 6) is -0.409. The van der Waals surface area contributed by atoms with Crippen LogP contribution >= 0.6 is 23.2 Å². The van der Waals surface area contributed by atoms with E-state index in [2.05, 4.69) is 43.9 Å². The van der Waals surface area contributed by atoms with Crippen LogP contribution in [0, 0.1) is 5.82 Å². The van der Waals surface area contributed by atoms with Crippen LogP contribution in [0.3, 0.4) is 0 Å². The summed E-state index contributed by atoms with van der Waals surface area (Å²) in [7, 11) is -1.39. The summed E-state index contributed by atoms with van der Waals surface area (Å²) in [6.45, 7) is 7.89. The van der Waals surface area contributed by atoms with E-state index in [4.69, 9.17) is 23.2 Å². The van der Waals surface area contributed by atoms with Crippen LogP contribution in [0.2, 0.25) is 29.7 Å². The molecule has 2 nitrogen and oxygen atoms in total. The van der Waals surface area contributed by atoms with Crippen LogP contribution in [0.25, 0.3) is 0 Å². The number of hydrogen-bond donors (Lipinski definition) is 0. The van der Waals surface area contributed by atoms with Crippen molar-refractivity contribution in [2.24, 2.45) is 0 Å². The third-order valence-corrected chi connectivity index (χ3v) is 7.68. The van der Waals surface area contributed by atoms with Crippen LogP contribution in [0.1, 0.15) is 21.5 Å². The maximum Gasteiger partial charge on any atom is 0.254 e. The average molecular weight is 474 g/mol. The molecule has 0 aliphatic carbocycles. The maximum atomic E-state index is 13.3. The predicted molar refractivity (Wildman–Crippen MR) is 131 cm³/mol. The summed E-state index contributed by atoms with van der Waals surface area (Å²) in [5, 5.41) is 2.23. The highest BCUT2D eigenvalue weighted by Crippen LogP contribution is 2.21. The van der Waals surface area contributed by atoms with Gasteiger partial charge in [-0.05, 0) is 47.9 Å². The molecule has 0 aliphatic rings. The van der Waals surface area contributed by atoms with E-state index in [1.807, 2.05) is 0 Å². The Morgan fingerprint density at radius 1 is 0.871 bits per heavy atom. The Balaban J connectivity index is 1.83. The van der Waals surface area contributed by atoms with Gasteiger partial charge in [0, 0.05) is 28.7 Å². The van der Waals surface area contributed by atoms with Crippen LogP contribution in [-0.2, 0) is 13.0 Å². The molecule has 0 fully saturated rings. The number of halogens is 3. The van der Waals surface area contributed by atoms with Gasteiger partial charge in [-0.15, -0.1) is 0 Å². The Hall–Kier alpha value is -2.14. The normalized spacial score (nSPS) is 11.4. The van der Waals surface area contributed by atoms with Crippen molar-refractivity contribution >= 4 is 42.4 Å². The first-order valence-electron chi connectivity index (χ1n) is 10.2. The lowest BCUT2D eigenvalue weighted by Crippen LogP contribution is -2.37. The van der Waals surface area contributed by atoms with E-state index in [-0.39, 0.29) is 11.7 Å². The summed E-state index contributed by atoms with van der Waals surface area (Å²) in [5.41, 5.74) is 2.48. The van der Waals surface area contributed by atoms with E-state index in [1.54, 1.807) is 35.2 Å². The highest BCUT2D eigenvalue weighted by molar-refractivity contribution is 6.88. The van der Waals surface area contributed by atoms with Crippen LogP contribution in [0.4, 0.5) is 4.39 Å². The lowest BCUT2D eigenvalue weighted by Gasteiger charge is -2.24. The van der Waals surface area contributed by atoms with Crippen LogP contribution < -0.4 is 5.19 Å². The van der Waals surface area contributed by atoms with Gasteiger partial charge in [0.15, 0.2) is 0 Å². The van der Waals surface area contributed by atoms with Crippen molar-refractivity contribution in [3.63, 3.8) is 0 Å². The van der Waals surface area contributed by atoms with E-state index in [1.165, 1.54) is 17.3 Å². The Bertz CT molecular complexity index is 1030. The second-order valence-corrected chi connectivity index (χ2v) is 14.7. The Morgan fingerprint density at radius 3 is 1.97 bits per heavy atom. The molecule has 0 bridgehead atoms. The first kappa shape index (κ1) is 23.5. The van der Waals surface area contributed by atoms with E-state index in [9.17, 15) is 9.18 Å². The molecule has 0 unspecified atom stereocenters. The molecule has 3 aromatic rings. The van der Waals surface area contributed by atoms with Gasteiger partial charge in [-0.25, -0.2) is 4.39 Å². The molecule has 0 radical (unpaired) electrons. The quantitative estimate of drug-likeness (QED) is 0.355. The topological polar surface area (TPSA) is 20.3 Å². The molecule has 0 saturated carbocycles. The van der Waals surface area contributed by atoms with E-state index in [0.717, 1.165) is 11.1 Å². The van der Waals surface area contributed by atoms with Gasteiger partial charge in [0.05, 0.1) is 8.07 Å². The van der Waals surface area contributed by atoms with E-state index in [0.29, 0.717) is 35.1 Å². The number of amides is 1. The predicted octanol–water partition coefficient (Wildman–Crippen LogP) is 6.56. The molecule has 31 heavy (non-hydrogen) atoms. The van der Waals surface area contributed by atoms with Crippen molar-refractivity contribution in [1.82, 2.24) is 4.90 Å². The zero-order valence-corrected chi connectivity index (χ0v) is 20.5. The lowest BCUT2D eigenvalue weighted by molar-refractivity contribution is 0.0745. The van der Waals surface area contributed by atoms with Crippen LogP contribution in [0.5, 0.6) is 0 Å². The fraction of sp³-hybridized carbons (Fsp3) is 0.240. The number of hydrogen-bond acceptors (Lipinski definition) is 1. The van der Waals surface area contributed by atoms with Crippen LogP contribution in [-0.4, -0.2) is 25.4 Å². The molecular weight excluding hydrogens is 448 g/mol. The molecule has 3 rings (SSSR count). The highest BCUT2D eigenvalue weighted by Gasteiger charge is 2.19. The minimum atomic E-state index is -1.39. The summed E-state index contributed by atoms with van der Waals surface area (Å²) in [4.78, 5) is 15.1. The largest absolute Gasteiger partial charge is 0.334 e. The smallest absolute Gasteiger partial charge is 0.254 e. The fourth-order valence-corrected chi connectivity index (χ4v) is 5.05. The Labute approximate surface area is 194 Å². The van der Waals surface area contributed by atoms with Gasteiger partial charge in [-0.2, -0.15) is 0 Å². The minimum absolute atomic E-state index is 0.138. The molecule has 0 N–H and O–H groups in total. The molecule has 0 saturated heterocycles. The average Bonchev–Trinajstić information content (AvgIpc) is 2.71. The summed E-state index contributed by atoms with van der Waals surface area (Å²) in [6.07, 6.45) is 0.618. The van der Waals surface area contributed by atoms with Crippen LogP contribution in [0.15, 0.2) is 66.7 Å². The Morgan fingerprint density at radius 2 is 1.42 bits per heavy atom. The fourth-order valence-electron chi connectivity index (χ4n) is 3.36. The SMILES string of the molecule is C[Si](C)(C)c1ccc(CN(CCc2ccc(F)cc2)C(=O)c2cc(Cl)cc(Cl)c2)cc1. The first-order chi connectivity index (χ1) is 14.6. The number of benzene rings is 3. The third kappa shape index (κ3) is 6.67. The van der Waals surface area contributed by atoms with Crippen molar-refractivity contribution in [2.75, 3.05) is 6.54 Å². The van der Waals surface area contributed by atoms with E-state index >= 15 is 0 Å². The second kappa shape index (κ2) is 9.99. The second-order valence-electron chi connectivity index (χ2n) is 8.71. The van der Waals surface area contributed by atoms with Gasteiger partial charge in [0.2, 0.25) is 0 Å². The van der Waals surface area contributed by atoms with Gasteiger partial charge in [0.25, 0.3) is 5.91 Å². The molecule has 0 spiro atoms. The van der Waals surface area contributed by atoms with Gasteiger partial charge < -0.3 is 4.90 Å². The zero-order chi connectivity index (χ0) is 22.6. The van der Waals surface area contributed by atoms with Crippen molar-refractivity contribution in [3.8, 4) is 0 Å². The molecule has 0 heterocycles. The summed E-state index contributed by atoms with van der Waals surface area (Å²) < 4.78 is 13.2. The standard InChI is InChI=1S/C25H26Cl2FNOSi/c1-31(2,3)24-10-6-19(7-11-24)17-29(13-12-18-4-8-23(28)9-5-18)25(30)20-14-21(26)16-22(27)15-20/h4-11,14-16H,12-13,17H2,1-3H3. The highest BCUT2D eigenvalue weighted by atomic mass is 35.5. The minimum Gasteiger partial charge on any atom is -0.334 e. The lowest BCUT2D eigenvalue weighted by atomic mass is 10.1. The van der Waals surface area contributed by atoms with Gasteiger partial charge >= 0.3 is 0 Å². The van der Waals surface area contributed by atoms with Crippen molar-refractivity contribution in [3.05, 3.63) is 99.3 Å². The molecule has 6 heteroatoms. The van der Waals surface area contributed by atoms with Crippen molar-refractivity contribution in [2.45, 2.75) is 32.6 Å². The van der Waals surface area contributed by atoms with E-state index < -0.39 is 8.07 Å². The van der Waals surface area contributed by atoms with Crippen molar-refractivity contribution < 1.29 is 9.18 Å². The number of nitrogens with zero attached hydrogens (tertiary/aromatic N) is 1. The number of carbonyl (C=O) groups excluding carboxylic acids is 1. The van der Waals surface area contributed by atoms with Gasteiger partial charge in [-0.3, -0.25) is 4.79 Å². The van der Waals surface area contributed by atoms with Gasteiger partial charge in [-0.1, -0.05) is 84.4 Å². The molecule has 162 valence electrons. The molecule has 3 aromatic carbocycles. The first-order valence-corrected chi connectivity index (χ1v) is 14.5. The molecule has 0 atom stereocenters. The molecule has 1 amide bonds. The number of carbonyl (C=O) groups is 1. The molecular formula is C25H26Cl2FNOSi. The monoisotopic (exact) mass is 473 g/mol. The Kier molecular flexibility index (Phi) is 7.58. The molecule has 0 aromatic heterocycles. The zero-order valence-electron chi connectivity index (χ0n) is 18.0. The van der Waals surface area contributed by atoms with Crippen molar-refractivity contribution in [1.29, 1.82) is 0 Å². The maximum absolute atomic E-state index is 13.3. The molecule has 0 aliphatic heterocycles.